The van der Waals surface area contributed by atoms with E-state index in [1.807, 2.05) is 55.3 Å². The SMILES string of the molecule is CN=C(NCC(C)Oc1ccccc1OC)NCC(c1cnn(C)c1)N(C)C. The molecule has 1 aromatic carbocycles. The topological polar surface area (TPSA) is 75.9 Å². The van der Waals surface area contributed by atoms with E-state index in [9.17, 15) is 0 Å². The number of nitrogens with one attached hydrogen (secondary N) is 2. The van der Waals surface area contributed by atoms with Crippen LogP contribution in [0, 0.1) is 0 Å². The molecule has 0 radical (unpaired) electrons. The maximum Gasteiger partial charge on any atom is 0.191 e. The molecule has 0 saturated heterocycles. The van der Waals surface area contributed by atoms with Crippen LogP contribution in [0.1, 0.15) is 18.5 Å². The van der Waals surface area contributed by atoms with Crippen LogP contribution < -0.4 is 20.1 Å². The van der Waals surface area contributed by atoms with Crippen molar-refractivity contribution in [2.45, 2.75) is 19.1 Å². The number of nitrogens with zero attached hydrogens (tertiary/aromatic N) is 4. The van der Waals surface area contributed by atoms with Crippen LogP contribution in [-0.2, 0) is 7.05 Å². The highest BCUT2D eigenvalue weighted by Gasteiger charge is 2.16. The molecule has 0 aliphatic rings. The Bertz CT molecular complexity index is 759. The number of likely N-dealkylation sites (N-methyl/N-ethyl adjacent to an activating group) is 1. The largest absolute Gasteiger partial charge is 0.493 e. The number of aromatic nitrogens is 2. The molecule has 2 rings (SSSR count). The number of aryl methyl sites for hydroxylation is 1. The lowest BCUT2D eigenvalue weighted by atomic mass is 10.1. The van der Waals surface area contributed by atoms with Crippen molar-refractivity contribution < 1.29 is 9.47 Å². The molecular weight excluding hydrogens is 356 g/mol. The second kappa shape index (κ2) is 10.6. The molecule has 154 valence electrons. The van der Waals surface area contributed by atoms with Gasteiger partial charge in [-0.05, 0) is 33.2 Å². The van der Waals surface area contributed by atoms with E-state index >= 15 is 0 Å². The third-order valence-corrected chi connectivity index (χ3v) is 4.37. The average Bonchev–Trinajstić information content (AvgIpc) is 3.10. The maximum absolute atomic E-state index is 5.98. The van der Waals surface area contributed by atoms with E-state index in [0.29, 0.717) is 13.1 Å². The maximum atomic E-state index is 5.98. The van der Waals surface area contributed by atoms with Crippen LogP contribution >= 0.6 is 0 Å². The number of ether oxygens (including phenoxy) is 2. The Kier molecular flexibility index (Phi) is 8.13. The van der Waals surface area contributed by atoms with E-state index in [1.165, 1.54) is 0 Å². The first kappa shape index (κ1) is 21.6. The minimum absolute atomic E-state index is 0.0576. The summed E-state index contributed by atoms with van der Waals surface area (Å²) in [5.41, 5.74) is 1.16. The van der Waals surface area contributed by atoms with Gasteiger partial charge < -0.3 is 25.0 Å². The zero-order chi connectivity index (χ0) is 20.5. The van der Waals surface area contributed by atoms with Gasteiger partial charge in [-0.15, -0.1) is 0 Å². The van der Waals surface area contributed by atoms with Crippen LogP contribution in [0.25, 0.3) is 0 Å². The van der Waals surface area contributed by atoms with Crippen LogP contribution in [0.15, 0.2) is 41.7 Å². The van der Waals surface area contributed by atoms with Crippen molar-refractivity contribution in [1.82, 2.24) is 25.3 Å². The summed E-state index contributed by atoms with van der Waals surface area (Å²) < 4.78 is 13.1. The lowest BCUT2D eigenvalue weighted by molar-refractivity contribution is 0.213. The number of hydrogen-bond donors (Lipinski definition) is 2. The highest BCUT2D eigenvalue weighted by Crippen LogP contribution is 2.26. The zero-order valence-corrected chi connectivity index (χ0v) is 17.6. The van der Waals surface area contributed by atoms with Crippen molar-refractivity contribution >= 4 is 5.96 Å². The van der Waals surface area contributed by atoms with E-state index in [4.69, 9.17) is 9.47 Å². The normalized spacial score (nSPS) is 13.9. The number of methoxy groups -OCH3 is 1. The molecule has 0 spiro atoms. The first-order valence-electron chi connectivity index (χ1n) is 9.33. The molecule has 0 aliphatic heterocycles. The van der Waals surface area contributed by atoms with E-state index in [-0.39, 0.29) is 12.1 Å². The van der Waals surface area contributed by atoms with Gasteiger partial charge in [-0.1, -0.05) is 12.1 Å². The van der Waals surface area contributed by atoms with Crippen molar-refractivity contribution in [3.8, 4) is 11.5 Å². The van der Waals surface area contributed by atoms with Crippen LogP contribution in [0.2, 0.25) is 0 Å². The summed E-state index contributed by atoms with van der Waals surface area (Å²) in [7, 11) is 9.43. The Morgan fingerprint density at radius 2 is 1.89 bits per heavy atom. The van der Waals surface area contributed by atoms with E-state index in [2.05, 4.69) is 39.7 Å². The Balaban J connectivity index is 1.86. The van der Waals surface area contributed by atoms with Crippen molar-refractivity contribution in [3.63, 3.8) is 0 Å². The molecule has 0 fully saturated rings. The summed E-state index contributed by atoms with van der Waals surface area (Å²) in [6, 6.07) is 7.82. The van der Waals surface area contributed by atoms with E-state index in [1.54, 1.807) is 14.2 Å². The third kappa shape index (κ3) is 6.16. The highest BCUT2D eigenvalue weighted by molar-refractivity contribution is 5.79. The van der Waals surface area contributed by atoms with Gasteiger partial charge in [-0.3, -0.25) is 9.67 Å². The van der Waals surface area contributed by atoms with Crippen LogP contribution in [-0.4, -0.2) is 68.1 Å². The number of hydrogen-bond acceptors (Lipinski definition) is 5. The van der Waals surface area contributed by atoms with Gasteiger partial charge in [0.1, 0.15) is 6.10 Å². The standard InChI is InChI=1S/C20H32N6O2/c1-15(28-19-10-8-7-9-18(19)27-6)11-22-20(21-2)23-13-17(25(3)4)16-12-24-26(5)14-16/h7-10,12,14-15,17H,11,13H2,1-6H3,(H2,21,22,23). The smallest absolute Gasteiger partial charge is 0.191 e. The van der Waals surface area contributed by atoms with Gasteiger partial charge in [-0.2, -0.15) is 5.10 Å². The van der Waals surface area contributed by atoms with Gasteiger partial charge in [0.25, 0.3) is 0 Å². The molecule has 8 heteroatoms. The van der Waals surface area contributed by atoms with Gasteiger partial charge in [0.05, 0.1) is 25.9 Å². The number of aliphatic imine (C=N–C) groups is 1. The molecule has 28 heavy (non-hydrogen) atoms. The van der Waals surface area contributed by atoms with Crippen molar-refractivity contribution in [2.75, 3.05) is 41.3 Å². The second-order valence-electron chi connectivity index (χ2n) is 6.84. The molecule has 1 aromatic heterocycles. The zero-order valence-electron chi connectivity index (χ0n) is 17.6. The summed E-state index contributed by atoms with van der Waals surface area (Å²) in [6.45, 7) is 3.32. The fourth-order valence-electron chi connectivity index (χ4n) is 2.84. The first-order chi connectivity index (χ1) is 13.4. The van der Waals surface area contributed by atoms with Gasteiger partial charge in [0.2, 0.25) is 0 Å². The van der Waals surface area contributed by atoms with E-state index in [0.717, 1.165) is 23.0 Å². The van der Waals surface area contributed by atoms with Crippen LogP contribution in [0.5, 0.6) is 11.5 Å². The summed E-state index contributed by atoms with van der Waals surface area (Å²) in [5.74, 6) is 2.18. The molecule has 0 saturated carbocycles. The van der Waals surface area contributed by atoms with Crippen molar-refractivity contribution in [3.05, 3.63) is 42.2 Å². The molecule has 2 unspecified atom stereocenters. The molecule has 2 N–H and O–H groups in total. The van der Waals surface area contributed by atoms with E-state index < -0.39 is 0 Å². The predicted molar refractivity (Wildman–Crippen MR) is 112 cm³/mol. The number of benzene rings is 1. The number of rotatable bonds is 9. The molecule has 2 aromatic rings. The monoisotopic (exact) mass is 388 g/mol. The first-order valence-corrected chi connectivity index (χ1v) is 9.33. The molecule has 8 nitrogen and oxygen atoms in total. The second-order valence-corrected chi connectivity index (χ2v) is 6.84. The van der Waals surface area contributed by atoms with Crippen molar-refractivity contribution in [1.29, 1.82) is 0 Å². The summed E-state index contributed by atoms with van der Waals surface area (Å²) in [4.78, 5) is 6.46. The molecule has 0 bridgehead atoms. The summed E-state index contributed by atoms with van der Waals surface area (Å²) >= 11 is 0. The molecule has 1 heterocycles. The predicted octanol–water partition coefficient (Wildman–Crippen LogP) is 1.66. The Morgan fingerprint density at radius 1 is 1.21 bits per heavy atom. The molecular formula is C20H32N6O2. The Labute approximate surface area is 167 Å². The quantitative estimate of drug-likeness (QED) is 0.503. The summed E-state index contributed by atoms with van der Waals surface area (Å²) in [5, 5.41) is 11.0. The average molecular weight is 389 g/mol. The minimum Gasteiger partial charge on any atom is -0.493 e. The highest BCUT2D eigenvalue weighted by atomic mass is 16.5. The van der Waals surface area contributed by atoms with Crippen LogP contribution in [0.4, 0.5) is 0 Å². The fraction of sp³-hybridized carbons (Fsp3) is 0.500. The third-order valence-electron chi connectivity index (χ3n) is 4.37. The van der Waals surface area contributed by atoms with Gasteiger partial charge in [0.15, 0.2) is 17.5 Å². The van der Waals surface area contributed by atoms with Crippen molar-refractivity contribution in [2.24, 2.45) is 12.0 Å². The van der Waals surface area contributed by atoms with Gasteiger partial charge in [0, 0.05) is 32.4 Å². The number of para-hydroxylation sites is 2. The molecule has 2 atom stereocenters. The molecule has 0 amide bonds. The summed E-state index contributed by atoms with van der Waals surface area (Å²) in [6.07, 6.45) is 3.87. The number of guanidine groups is 1. The van der Waals surface area contributed by atoms with Gasteiger partial charge in [-0.25, -0.2) is 0 Å². The lowest BCUT2D eigenvalue weighted by Crippen LogP contribution is -2.44. The molecule has 0 aliphatic carbocycles. The minimum atomic E-state index is -0.0576. The lowest BCUT2D eigenvalue weighted by Gasteiger charge is -2.25. The fourth-order valence-corrected chi connectivity index (χ4v) is 2.84. The Morgan fingerprint density at radius 3 is 2.46 bits per heavy atom. The van der Waals surface area contributed by atoms with Gasteiger partial charge >= 0.3 is 0 Å². The Hall–Kier alpha value is -2.74. The van der Waals surface area contributed by atoms with Crippen LogP contribution in [0.3, 0.4) is 0 Å².